The van der Waals surface area contributed by atoms with Gasteiger partial charge in [0.1, 0.15) is 23.1 Å². The topological polar surface area (TPSA) is 91.6 Å². The lowest BCUT2D eigenvalue weighted by molar-refractivity contribution is 0.388. The number of hydrogen-bond acceptors (Lipinski definition) is 5. The van der Waals surface area contributed by atoms with Crippen molar-refractivity contribution in [3.8, 4) is 17.6 Å². The predicted octanol–water partition coefficient (Wildman–Crippen LogP) is 4.67. The van der Waals surface area contributed by atoms with E-state index in [2.05, 4.69) is 11.1 Å². The first kappa shape index (κ1) is 18.3. The van der Waals surface area contributed by atoms with E-state index in [0.29, 0.717) is 16.9 Å². The summed E-state index contributed by atoms with van der Waals surface area (Å²) in [5, 5.41) is 20.2. The number of nitriles is 1. The summed E-state index contributed by atoms with van der Waals surface area (Å²) in [6.45, 7) is 1.98. The van der Waals surface area contributed by atoms with Gasteiger partial charge in [-0.2, -0.15) is 5.26 Å². The maximum atomic E-state index is 10.5. The fourth-order valence-electron chi connectivity index (χ4n) is 3.45. The van der Waals surface area contributed by atoms with Crippen molar-refractivity contribution in [3.63, 3.8) is 0 Å². The van der Waals surface area contributed by atoms with E-state index in [0.717, 1.165) is 22.4 Å². The molecule has 1 aliphatic heterocycles. The second-order valence-electron chi connectivity index (χ2n) is 6.83. The van der Waals surface area contributed by atoms with Gasteiger partial charge in [-0.3, -0.25) is 4.99 Å². The van der Waals surface area contributed by atoms with E-state index in [1.165, 1.54) is 6.07 Å². The Kier molecular flexibility index (Phi) is 4.76. The van der Waals surface area contributed by atoms with E-state index < -0.39 is 0 Å². The molecule has 1 heterocycles. The van der Waals surface area contributed by atoms with Crippen molar-refractivity contribution in [1.82, 2.24) is 0 Å². The maximum Gasteiger partial charge on any atom is 0.205 e. The highest BCUT2D eigenvalue weighted by atomic mass is 16.5. The Morgan fingerprint density at radius 1 is 1.10 bits per heavy atom. The first-order chi connectivity index (χ1) is 14.1. The van der Waals surface area contributed by atoms with Crippen LogP contribution in [0.3, 0.4) is 0 Å². The third-order valence-electron chi connectivity index (χ3n) is 4.96. The van der Waals surface area contributed by atoms with Crippen LogP contribution in [-0.2, 0) is 0 Å². The molecule has 0 spiro atoms. The third-order valence-corrected chi connectivity index (χ3v) is 4.96. The van der Waals surface area contributed by atoms with Crippen LogP contribution in [-0.4, -0.2) is 11.3 Å². The minimum Gasteiger partial charge on any atom is -0.507 e. The summed E-state index contributed by atoms with van der Waals surface area (Å²) in [4.78, 5) is 4.51. The summed E-state index contributed by atoms with van der Waals surface area (Å²) in [5.74, 6) is 0.132. The highest BCUT2D eigenvalue weighted by Gasteiger charge is 2.31. The van der Waals surface area contributed by atoms with Crippen LogP contribution in [0.15, 0.2) is 83.2 Å². The molecule has 29 heavy (non-hydrogen) atoms. The van der Waals surface area contributed by atoms with Gasteiger partial charge in [-0.15, -0.1) is 0 Å². The van der Waals surface area contributed by atoms with Crippen molar-refractivity contribution in [2.24, 2.45) is 10.7 Å². The minimum absolute atomic E-state index is 0.0288. The van der Waals surface area contributed by atoms with Crippen molar-refractivity contribution >= 4 is 11.9 Å². The zero-order valence-corrected chi connectivity index (χ0v) is 15.8. The van der Waals surface area contributed by atoms with Gasteiger partial charge in [-0.25, -0.2) is 0 Å². The quantitative estimate of drug-likeness (QED) is 0.645. The van der Waals surface area contributed by atoms with E-state index in [9.17, 15) is 10.4 Å². The van der Waals surface area contributed by atoms with Crippen LogP contribution in [0.25, 0.3) is 0 Å². The molecule has 0 bridgehead atoms. The monoisotopic (exact) mass is 381 g/mol. The molecule has 1 atom stereocenters. The molecule has 0 saturated carbocycles. The number of aliphatic imine (C=N–C) groups is 1. The maximum absolute atomic E-state index is 10.5. The number of nitrogens with two attached hydrogens (primary N) is 1. The first-order valence-electron chi connectivity index (χ1n) is 9.17. The molecule has 4 rings (SSSR count). The molecular formula is C24H19N3O2. The van der Waals surface area contributed by atoms with Crippen LogP contribution in [0.5, 0.6) is 11.5 Å². The van der Waals surface area contributed by atoms with E-state index in [-0.39, 0.29) is 17.6 Å². The number of para-hydroxylation sites is 1. The Morgan fingerprint density at radius 3 is 2.55 bits per heavy atom. The molecule has 0 fully saturated rings. The van der Waals surface area contributed by atoms with Crippen molar-refractivity contribution in [1.29, 1.82) is 5.26 Å². The van der Waals surface area contributed by atoms with Gasteiger partial charge in [-0.1, -0.05) is 48.5 Å². The average molecular weight is 381 g/mol. The van der Waals surface area contributed by atoms with Crippen molar-refractivity contribution in [2.75, 3.05) is 0 Å². The van der Waals surface area contributed by atoms with E-state index in [1.807, 2.05) is 61.5 Å². The average Bonchev–Trinajstić information content (AvgIpc) is 2.73. The van der Waals surface area contributed by atoms with Crippen molar-refractivity contribution in [2.45, 2.75) is 12.8 Å². The summed E-state index contributed by atoms with van der Waals surface area (Å²) in [7, 11) is 0. The van der Waals surface area contributed by atoms with Gasteiger partial charge in [0, 0.05) is 23.4 Å². The van der Waals surface area contributed by atoms with Gasteiger partial charge in [0.05, 0.1) is 11.6 Å². The van der Waals surface area contributed by atoms with Gasteiger partial charge in [0.15, 0.2) is 0 Å². The number of ether oxygens (including phenoxy) is 1. The van der Waals surface area contributed by atoms with Gasteiger partial charge < -0.3 is 15.6 Å². The zero-order chi connectivity index (χ0) is 20.4. The van der Waals surface area contributed by atoms with Crippen molar-refractivity contribution in [3.05, 3.63) is 100 Å². The summed E-state index contributed by atoms with van der Waals surface area (Å²) < 4.78 is 5.64. The number of rotatable bonds is 3. The molecular weight excluding hydrogens is 362 g/mol. The summed E-state index contributed by atoms with van der Waals surface area (Å²) in [6.07, 6.45) is 1.62. The van der Waals surface area contributed by atoms with E-state index >= 15 is 0 Å². The molecule has 0 radical (unpaired) electrons. The van der Waals surface area contributed by atoms with Crippen LogP contribution >= 0.6 is 0 Å². The molecule has 0 saturated heterocycles. The van der Waals surface area contributed by atoms with Crippen LogP contribution in [0.2, 0.25) is 0 Å². The Bertz CT molecular complexity index is 1170. The minimum atomic E-state index is -0.379. The lowest BCUT2D eigenvalue weighted by Gasteiger charge is -2.27. The van der Waals surface area contributed by atoms with Crippen LogP contribution < -0.4 is 10.5 Å². The molecule has 0 aliphatic carbocycles. The third kappa shape index (κ3) is 3.44. The Balaban J connectivity index is 1.83. The second kappa shape index (κ2) is 7.53. The molecule has 142 valence electrons. The Labute approximate surface area is 169 Å². The highest BCUT2D eigenvalue weighted by Crippen LogP contribution is 2.44. The van der Waals surface area contributed by atoms with Gasteiger partial charge in [-0.05, 0) is 30.2 Å². The summed E-state index contributed by atoms with van der Waals surface area (Å²) in [5.41, 5.74) is 10.4. The molecule has 1 unspecified atom stereocenters. The van der Waals surface area contributed by atoms with Crippen LogP contribution in [0, 0.1) is 18.3 Å². The fourth-order valence-corrected chi connectivity index (χ4v) is 3.45. The lowest BCUT2D eigenvalue weighted by atomic mass is 9.83. The Hall–Kier alpha value is -4.04. The Morgan fingerprint density at radius 2 is 1.83 bits per heavy atom. The number of nitrogens with zero attached hydrogens (tertiary/aromatic N) is 2. The largest absolute Gasteiger partial charge is 0.507 e. The normalized spacial score (nSPS) is 15.7. The molecule has 3 aromatic carbocycles. The van der Waals surface area contributed by atoms with Crippen LogP contribution in [0.4, 0.5) is 5.69 Å². The molecule has 5 nitrogen and oxygen atoms in total. The van der Waals surface area contributed by atoms with E-state index in [1.54, 1.807) is 12.3 Å². The van der Waals surface area contributed by atoms with Crippen LogP contribution in [0.1, 0.15) is 28.2 Å². The molecule has 5 heteroatoms. The first-order valence-corrected chi connectivity index (χ1v) is 9.17. The second-order valence-corrected chi connectivity index (χ2v) is 6.83. The molecule has 1 aliphatic rings. The summed E-state index contributed by atoms with van der Waals surface area (Å²) >= 11 is 0. The number of phenols is 1. The smallest absolute Gasteiger partial charge is 0.205 e. The van der Waals surface area contributed by atoms with Gasteiger partial charge in [0.25, 0.3) is 0 Å². The predicted molar refractivity (Wildman–Crippen MR) is 112 cm³/mol. The number of fused-ring (bicyclic) bond motifs is 1. The molecule has 3 N–H and O–H groups in total. The molecule has 0 amide bonds. The number of aromatic hydroxyl groups is 1. The number of phenolic OH excluding ortho intramolecular Hbond substituents is 1. The van der Waals surface area contributed by atoms with Gasteiger partial charge in [0.2, 0.25) is 5.88 Å². The number of benzene rings is 3. The zero-order valence-electron chi connectivity index (χ0n) is 15.8. The fraction of sp³-hybridized carbons (Fsp3) is 0.0833. The number of hydrogen-bond donors (Lipinski definition) is 2. The van der Waals surface area contributed by atoms with Crippen molar-refractivity contribution < 1.29 is 9.84 Å². The summed E-state index contributed by atoms with van der Waals surface area (Å²) in [6, 6.07) is 22.9. The van der Waals surface area contributed by atoms with E-state index in [4.69, 9.17) is 10.5 Å². The highest BCUT2D eigenvalue weighted by molar-refractivity contribution is 5.87. The number of allylic oxidation sites excluding steroid dienone is 1. The SMILES string of the molecule is Cc1ccccc1N=Cc1cc2c(cc1O)OC(N)=C(C#N)C2c1ccccc1. The van der Waals surface area contributed by atoms with Gasteiger partial charge >= 0.3 is 0 Å². The standard InChI is InChI=1S/C24H19N3O2/c1-15-7-5-6-10-20(15)27-14-17-11-18-22(12-21(17)28)29-24(26)19(13-25)23(18)16-8-3-2-4-9-16/h2-12,14,23,28H,26H2,1H3. The lowest BCUT2D eigenvalue weighted by Crippen LogP contribution is -2.21. The molecule has 0 aromatic heterocycles. The molecule has 3 aromatic rings. The number of aryl methyl sites for hydroxylation is 1.